The summed E-state index contributed by atoms with van der Waals surface area (Å²) in [6.45, 7) is 4.74. The summed E-state index contributed by atoms with van der Waals surface area (Å²) in [7, 11) is 0. The zero-order valence-corrected chi connectivity index (χ0v) is 5.08. The molecule has 1 rings (SSSR count). The third kappa shape index (κ3) is 6.70. The lowest BCUT2D eigenvalue weighted by Gasteiger charge is -1.76. The first-order chi connectivity index (χ1) is 4.41. The first kappa shape index (κ1) is 7.70. The Hall–Kier alpha value is -1.30. The highest BCUT2D eigenvalue weighted by atomic mass is 16.5. The highest BCUT2D eigenvalue weighted by Crippen LogP contribution is 1.78. The van der Waals surface area contributed by atoms with E-state index in [1.165, 1.54) is 12.5 Å². The normalized spacial score (nSPS) is 12.3. The first-order valence-electron chi connectivity index (χ1n) is 2.52. The van der Waals surface area contributed by atoms with Gasteiger partial charge in [0.2, 0.25) is 0 Å². The maximum Gasteiger partial charge on any atom is 0.169 e. The van der Waals surface area contributed by atoms with Crippen molar-refractivity contribution < 1.29 is 4.74 Å². The quantitative estimate of drug-likeness (QED) is 0.447. The molecule has 0 aromatic heterocycles. The van der Waals surface area contributed by atoms with Crippen LogP contribution in [-0.2, 0) is 4.74 Å². The molecule has 1 aliphatic heterocycles. The van der Waals surface area contributed by atoms with E-state index in [1.807, 2.05) is 0 Å². The predicted molar refractivity (Wildman–Crippen MR) is 35.1 cm³/mol. The van der Waals surface area contributed by atoms with E-state index in [-0.39, 0.29) is 0 Å². The van der Waals surface area contributed by atoms with Crippen LogP contribution in [0.25, 0.3) is 0 Å². The van der Waals surface area contributed by atoms with Crippen LogP contribution in [0.1, 0.15) is 0 Å². The van der Waals surface area contributed by atoms with Crippen LogP contribution in [0.5, 0.6) is 0 Å². The van der Waals surface area contributed by atoms with Gasteiger partial charge in [0.1, 0.15) is 6.61 Å². The second-order valence-electron chi connectivity index (χ2n) is 1.22. The van der Waals surface area contributed by atoms with Gasteiger partial charge in [0.05, 0.1) is 12.6 Å². The van der Waals surface area contributed by atoms with Crippen LogP contribution in [0.3, 0.4) is 0 Å². The van der Waals surface area contributed by atoms with E-state index in [0.717, 1.165) is 13.2 Å². The Morgan fingerprint density at radius 2 is 2.56 bits per heavy atom. The molecule has 0 atom stereocenters. The van der Waals surface area contributed by atoms with E-state index in [2.05, 4.69) is 16.3 Å². The van der Waals surface area contributed by atoms with Gasteiger partial charge < -0.3 is 4.74 Å². The largest absolute Gasteiger partial charge is 0.482 e. The number of aliphatic imine (C=N–C) groups is 1. The monoisotopic (exact) mass is 124 g/mol. The number of hydrogen-bond donors (Lipinski definition) is 0. The predicted octanol–water partition coefficient (Wildman–Crippen LogP) is 0.741. The number of nitriles is 1. The molecule has 1 aliphatic rings. The molecule has 0 unspecified atom stereocenters. The summed E-state index contributed by atoms with van der Waals surface area (Å²) in [4.78, 5) is 3.74. The third-order valence-electron chi connectivity index (χ3n) is 0.579. The van der Waals surface area contributed by atoms with Gasteiger partial charge in [-0.15, -0.1) is 0 Å². The fourth-order valence-corrected chi connectivity index (χ4v) is 0.264. The maximum atomic E-state index is 7.51. The summed E-state index contributed by atoms with van der Waals surface area (Å²) in [5.74, 6) is 0. The fourth-order valence-electron chi connectivity index (χ4n) is 0.264. The van der Waals surface area contributed by atoms with Crippen LogP contribution in [-0.4, -0.2) is 19.6 Å². The third-order valence-corrected chi connectivity index (χ3v) is 0.579. The summed E-state index contributed by atoms with van der Waals surface area (Å²) < 4.78 is 4.65. The molecule has 3 heteroatoms. The van der Waals surface area contributed by atoms with Gasteiger partial charge in [-0.1, -0.05) is 6.58 Å². The van der Waals surface area contributed by atoms with Crippen molar-refractivity contribution in [2.45, 2.75) is 0 Å². The Kier molecular flexibility index (Phi) is 5.73. The molecule has 0 spiro atoms. The minimum Gasteiger partial charge on any atom is -0.482 e. The molecule has 3 nitrogen and oxygen atoms in total. The van der Waals surface area contributed by atoms with Gasteiger partial charge in [-0.05, 0) is 0 Å². The second-order valence-corrected chi connectivity index (χ2v) is 1.22. The standard InChI is InChI=1S/C3H5NO.C3H3N/c1-2-5-3-4-1;1-2-3-4/h3H,1-2H2;2H,1H2. The summed E-state index contributed by atoms with van der Waals surface area (Å²) in [5.41, 5.74) is 0. The van der Waals surface area contributed by atoms with Crippen molar-refractivity contribution in [3.63, 3.8) is 0 Å². The number of rotatable bonds is 0. The second kappa shape index (κ2) is 6.70. The molecule has 1 heterocycles. The number of ether oxygens (including phenoxy) is 1. The van der Waals surface area contributed by atoms with E-state index in [9.17, 15) is 0 Å². The molecule has 0 aromatic rings. The zero-order chi connectivity index (χ0) is 6.95. The Balaban J connectivity index is 0.000000148. The lowest BCUT2D eigenvalue weighted by molar-refractivity contribution is 0.361. The van der Waals surface area contributed by atoms with E-state index in [0.29, 0.717) is 0 Å². The minimum atomic E-state index is 0.778. The smallest absolute Gasteiger partial charge is 0.169 e. The Labute approximate surface area is 54.3 Å². The fraction of sp³-hybridized carbons (Fsp3) is 0.333. The van der Waals surface area contributed by atoms with E-state index in [4.69, 9.17) is 5.26 Å². The summed E-state index contributed by atoms with van der Waals surface area (Å²) in [6, 6.07) is 1.69. The topological polar surface area (TPSA) is 45.4 Å². The van der Waals surface area contributed by atoms with Crippen molar-refractivity contribution in [3.05, 3.63) is 12.7 Å². The highest BCUT2D eigenvalue weighted by molar-refractivity contribution is 5.47. The van der Waals surface area contributed by atoms with Gasteiger partial charge in [-0.25, -0.2) is 0 Å². The van der Waals surface area contributed by atoms with Crippen molar-refractivity contribution in [1.29, 1.82) is 5.26 Å². The van der Waals surface area contributed by atoms with Crippen LogP contribution >= 0.6 is 0 Å². The Morgan fingerprint density at radius 1 is 1.89 bits per heavy atom. The summed E-state index contributed by atoms with van der Waals surface area (Å²) in [6.07, 6.45) is 2.67. The molecule has 0 saturated carbocycles. The molecule has 48 valence electrons. The molecule has 0 fully saturated rings. The van der Waals surface area contributed by atoms with Gasteiger partial charge in [0.15, 0.2) is 6.40 Å². The maximum absolute atomic E-state index is 7.51. The summed E-state index contributed by atoms with van der Waals surface area (Å²) >= 11 is 0. The van der Waals surface area contributed by atoms with Gasteiger partial charge in [0, 0.05) is 6.08 Å². The van der Waals surface area contributed by atoms with E-state index >= 15 is 0 Å². The van der Waals surface area contributed by atoms with Crippen LogP contribution in [0.4, 0.5) is 0 Å². The SMILES string of the molecule is C1=NCCO1.C=CC#N. The molecular weight excluding hydrogens is 116 g/mol. The molecule has 9 heavy (non-hydrogen) atoms. The van der Waals surface area contributed by atoms with Crippen LogP contribution < -0.4 is 0 Å². The molecule has 0 saturated heterocycles. The van der Waals surface area contributed by atoms with Crippen molar-refractivity contribution in [2.24, 2.45) is 4.99 Å². The Bertz CT molecular complexity index is 128. The highest BCUT2D eigenvalue weighted by Gasteiger charge is 1.84. The van der Waals surface area contributed by atoms with Crippen molar-refractivity contribution in [3.8, 4) is 6.07 Å². The van der Waals surface area contributed by atoms with Crippen molar-refractivity contribution in [2.75, 3.05) is 13.2 Å². The van der Waals surface area contributed by atoms with Gasteiger partial charge in [0.25, 0.3) is 0 Å². The molecule has 0 amide bonds. The van der Waals surface area contributed by atoms with Crippen LogP contribution in [0.2, 0.25) is 0 Å². The van der Waals surface area contributed by atoms with Crippen molar-refractivity contribution >= 4 is 6.40 Å². The van der Waals surface area contributed by atoms with E-state index in [1.54, 1.807) is 6.07 Å². The first-order valence-corrected chi connectivity index (χ1v) is 2.52. The van der Waals surface area contributed by atoms with E-state index < -0.39 is 0 Å². The zero-order valence-electron chi connectivity index (χ0n) is 5.08. The Morgan fingerprint density at radius 3 is 2.67 bits per heavy atom. The number of allylic oxidation sites excluding steroid dienone is 1. The molecule has 0 bridgehead atoms. The van der Waals surface area contributed by atoms with Crippen LogP contribution in [0, 0.1) is 11.3 Å². The lowest BCUT2D eigenvalue weighted by atomic mass is 10.8. The van der Waals surface area contributed by atoms with Gasteiger partial charge in [-0.3, -0.25) is 4.99 Å². The number of nitrogens with zero attached hydrogens (tertiary/aromatic N) is 2. The molecule has 0 radical (unpaired) electrons. The van der Waals surface area contributed by atoms with Gasteiger partial charge in [-0.2, -0.15) is 5.26 Å². The van der Waals surface area contributed by atoms with Crippen LogP contribution in [0.15, 0.2) is 17.6 Å². The minimum absolute atomic E-state index is 0.778. The average molecular weight is 124 g/mol. The molecule has 0 aliphatic carbocycles. The molecule has 0 aromatic carbocycles. The summed E-state index contributed by atoms with van der Waals surface area (Å²) in [5, 5.41) is 7.51. The molecular formula is C6H8N2O. The molecule has 0 N–H and O–H groups in total. The number of hydrogen-bond acceptors (Lipinski definition) is 3. The lowest BCUT2D eigenvalue weighted by Crippen LogP contribution is -1.80. The average Bonchev–Trinajstić information content (AvgIpc) is 2.43. The van der Waals surface area contributed by atoms with Gasteiger partial charge >= 0.3 is 0 Å². The van der Waals surface area contributed by atoms with Crippen molar-refractivity contribution in [1.82, 2.24) is 0 Å².